The fourth-order valence-corrected chi connectivity index (χ4v) is 3.28. The molecule has 0 aliphatic heterocycles. The average Bonchev–Trinajstić information content (AvgIpc) is 2.77. The summed E-state index contributed by atoms with van der Waals surface area (Å²) in [6.07, 6.45) is 4.79. The van der Waals surface area contributed by atoms with Crippen LogP contribution in [0.2, 0.25) is 5.02 Å². The quantitative estimate of drug-likeness (QED) is 0.870. The van der Waals surface area contributed by atoms with Crippen LogP contribution in [0.1, 0.15) is 31.7 Å². The molecule has 0 aromatic heterocycles. The van der Waals surface area contributed by atoms with E-state index in [0.29, 0.717) is 12.0 Å². The van der Waals surface area contributed by atoms with Gasteiger partial charge in [0.2, 0.25) is 0 Å². The summed E-state index contributed by atoms with van der Waals surface area (Å²) in [4.78, 5) is 0. The first-order valence-electron chi connectivity index (χ1n) is 6.73. The molecule has 3 unspecified atom stereocenters. The molecule has 1 fully saturated rings. The van der Waals surface area contributed by atoms with Crippen molar-refractivity contribution >= 4 is 11.6 Å². The second-order valence-electron chi connectivity index (χ2n) is 5.42. The van der Waals surface area contributed by atoms with Crippen molar-refractivity contribution in [3.8, 4) is 0 Å². The molecule has 0 amide bonds. The van der Waals surface area contributed by atoms with E-state index in [-0.39, 0.29) is 10.8 Å². The van der Waals surface area contributed by atoms with Crippen molar-refractivity contribution < 1.29 is 4.39 Å². The lowest BCUT2D eigenvalue weighted by Gasteiger charge is -2.26. The highest BCUT2D eigenvalue weighted by atomic mass is 35.5. The Morgan fingerprint density at radius 1 is 1.44 bits per heavy atom. The maximum atomic E-state index is 13.4. The van der Waals surface area contributed by atoms with Crippen molar-refractivity contribution in [2.45, 2.75) is 38.6 Å². The van der Waals surface area contributed by atoms with Gasteiger partial charge < -0.3 is 5.32 Å². The zero-order valence-corrected chi connectivity index (χ0v) is 11.8. The largest absolute Gasteiger partial charge is 0.316 e. The lowest BCUT2D eigenvalue weighted by Crippen LogP contribution is -2.36. The van der Waals surface area contributed by atoms with Crippen molar-refractivity contribution in [3.63, 3.8) is 0 Å². The predicted molar refractivity (Wildman–Crippen MR) is 74.5 cm³/mol. The van der Waals surface area contributed by atoms with Crippen LogP contribution in [0.3, 0.4) is 0 Å². The molecule has 1 aromatic rings. The zero-order chi connectivity index (χ0) is 13.1. The van der Waals surface area contributed by atoms with Crippen molar-refractivity contribution in [3.05, 3.63) is 34.6 Å². The minimum Gasteiger partial charge on any atom is -0.316 e. The van der Waals surface area contributed by atoms with Crippen LogP contribution >= 0.6 is 11.6 Å². The van der Waals surface area contributed by atoms with Crippen molar-refractivity contribution in [2.75, 3.05) is 7.05 Å². The number of hydrogen-bond acceptors (Lipinski definition) is 1. The van der Waals surface area contributed by atoms with Gasteiger partial charge in [0.25, 0.3) is 0 Å². The summed E-state index contributed by atoms with van der Waals surface area (Å²) in [6, 6.07) is 5.57. The Morgan fingerprint density at radius 3 is 2.78 bits per heavy atom. The van der Waals surface area contributed by atoms with Gasteiger partial charge in [0, 0.05) is 6.04 Å². The van der Waals surface area contributed by atoms with E-state index in [9.17, 15) is 4.39 Å². The number of rotatable bonds is 4. The van der Waals surface area contributed by atoms with Crippen LogP contribution in [0.5, 0.6) is 0 Å². The number of likely N-dealkylation sites (N-methyl/N-ethyl adjacent to an activating group) is 1. The molecular formula is C15H21ClFN. The molecule has 1 saturated carbocycles. The van der Waals surface area contributed by atoms with Gasteiger partial charge in [-0.3, -0.25) is 0 Å². The molecule has 3 heteroatoms. The lowest BCUT2D eigenvalue weighted by molar-refractivity contribution is 0.308. The summed E-state index contributed by atoms with van der Waals surface area (Å²) < 4.78 is 13.4. The average molecular weight is 270 g/mol. The first kappa shape index (κ1) is 13.8. The minimum atomic E-state index is -0.316. The molecule has 3 atom stereocenters. The summed E-state index contributed by atoms with van der Waals surface area (Å²) in [6.45, 7) is 2.32. The molecule has 1 aliphatic carbocycles. The van der Waals surface area contributed by atoms with E-state index in [1.165, 1.54) is 19.3 Å². The van der Waals surface area contributed by atoms with Crippen LogP contribution in [0.25, 0.3) is 0 Å². The van der Waals surface area contributed by atoms with E-state index in [1.807, 2.05) is 13.1 Å². The summed E-state index contributed by atoms with van der Waals surface area (Å²) in [7, 11) is 2.00. The highest BCUT2D eigenvalue weighted by Crippen LogP contribution is 2.34. The summed E-state index contributed by atoms with van der Waals surface area (Å²) in [5.74, 6) is 1.15. The van der Waals surface area contributed by atoms with Crippen LogP contribution in [0, 0.1) is 17.7 Å². The van der Waals surface area contributed by atoms with Gasteiger partial charge in [-0.25, -0.2) is 4.39 Å². The SMILES string of the molecule is CNC(Cc1ccc(Cl)c(F)c1)C1CCCC1C. The minimum absolute atomic E-state index is 0.203. The smallest absolute Gasteiger partial charge is 0.142 e. The molecule has 18 heavy (non-hydrogen) atoms. The van der Waals surface area contributed by atoms with E-state index in [1.54, 1.807) is 12.1 Å². The molecule has 1 N–H and O–H groups in total. The normalized spacial score (nSPS) is 25.3. The Morgan fingerprint density at radius 2 is 2.22 bits per heavy atom. The van der Waals surface area contributed by atoms with E-state index in [2.05, 4.69) is 12.2 Å². The first-order chi connectivity index (χ1) is 8.61. The Labute approximate surface area is 114 Å². The molecule has 0 spiro atoms. The van der Waals surface area contributed by atoms with Gasteiger partial charge in [0.05, 0.1) is 5.02 Å². The van der Waals surface area contributed by atoms with E-state index in [4.69, 9.17) is 11.6 Å². The van der Waals surface area contributed by atoms with Gasteiger partial charge >= 0.3 is 0 Å². The third-order valence-corrected chi connectivity index (χ3v) is 4.56. The molecule has 1 aromatic carbocycles. The summed E-state index contributed by atoms with van der Waals surface area (Å²) in [5, 5.41) is 3.60. The van der Waals surface area contributed by atoms with E-state index in [0.717, 1.165) is 17.9 Å². The van der Waals surface area contributed by atoms with Gasteiger partial charge in [0.15, 0.2) is 0 Å². The highest BCUT2D eigenvalue weighted by Gasteiger charge is 2.30. The van der Waals surface area contributed by atoms with Crippen LogP contribution in [0.15, 0.2) is 18.2 Å². The Balaban J connectivity index is 2.07. The van der Waals surface area contributed by atoms with Crippen molar-refractivity contribution in [1.29, 1.82) is 0 Å². The van der Waals surface area contributed by atoms with E-state index >= 15 is 0 Å². The number of benzene rings is 1. The maximum absolute atomic E-state index is 13.4. The molecule has 1 aliphatic rings. The fourth-order valence-electron chi connectivity index (χ4n) is 3.16. The van der Waals surface area contributed by atoms with Gasteiger partial charge in [0.1, 0.15) is 5.82 Å². The van der Waals surface area contributed by atoms with Crippen LogP contribution < -0.4 is 5.32 Å². The van der Waals surface area contributed by atoms with Gasteiger partial charge in [-0.2, -0.15) is 0 Å². The highest BCUT2D eigenvalue weighted by molar-refractivity contribution is 6.30. The molecule has 0 bridgehead atoms. The fraction of sp³-hybridized carbons (Fsp3) is 0.600. The van der Waals surface area contributed by atoms with Crippen LogP contribution in [-0.4, -0.2) is 13.1 Å². The molecule has 1 nitrogen and oxygen atoms in total. The van der Waals surface area contributed by atoms with Crippen LogP contribution in [0.4, 0.5) is 4.39 Å². The molecule has 0 radical (unpaired) electrons. The molecule has 0 heterocycles. The first-order valence-corrected chi connectivity index (χ1v) is 7.10. The van der Waals surface area contributed by atoms with Gasteiger partial charge in [-0.05, 0) is 49.4 Å². The summed E-state index contributed by atoms with van der Waals surface area (Å²) >= 11 is 5.71. The molecule has 100 valence electrons. The standard InChI is InChI=1S/C15H21ClFN/c1-10-4-3-5-12(10)15(18-2)9-11-6-7-13(16)14(17)8-11/h6-8,10,12,15,18H,3-5,9H2,1-2H3. The van der Waals surface area contributed by atoms with Crippen molar-refractivity contribution in [2.24, 2.45) is 11.8 Å². The van der Waals surface area contributed by atoms with Gasteiger partial charge in [-0.15, -0.1) is 0 Å². The third kappa shape index (κ3) is 3.04. The Bertz CT molecular complexity index is 407. The number of halogens is 2. The maximum Gasteiger partial charge on any atom is 0.142 e. The second kappa shape index (κ2) is 6.03. The number of nitrogens with one attached hydrogen (secondary N) is 1. The predicted octanol–water partition coefficient (Wildman–Crippen LogP) is 4.05. The summed E-state index contributed by atoms with van der Waals surface area (Å²) in [5.41, 5.74) is 1.02. The molecule has 2 rings (SSSR count). The topological polar surface area (TPSA) is 12.0 Å². The zero-order valence-electron chi connectivity index (χ0n) is 11.0. The monoisotopic (exact) mass is 269 g/mol. The van der Waals surface area contributed by atoms with Gasteiger partial charge in [-0.1, -0.05) is 37.4 Å². The van der Waals surface area contributed by atoms with Crippen molar-refractivity contribution in [1.82, 2.24) is 5.32 Å². The third-order valence-electron chi connectivity index (χ3n) is 4.26. The molecular weight excluding hydrogens is 249 g/mol. The number of hydrogen-bond donors (Lipinski definition) is 1. The van der Waals surface area contributed by atoms with Crippen LogP contribution in [-0.2, 0) is 6.42 Å². The Hall–Kier alpha value is -0.600. The Kier molecular flexibility index (Phi) is 4.63. The van der Waals surface area contributed by atoms with E-state index < -0.39 is 0 Å². The lowest BCUT2D eigenvalue weighted by atomic mass is 9.86. The molecule has 0 saturated heterocycles. The second-order valence-corrected chi connectivity index (χ2v) is 5.83.